The predicted molar refractivity (Wildman–Crippen MR) is 82.7 cm³/mol. The summed E-state index contributed by atoms with van der Waals surface area (Å²) >= 11 is 9.23. The quantitative estimate of drug-likeness (QED) is 0.804. The zero-order chi connectivity index (χ0) is 14.0. The normalized spacial score (nSPS) is 10.3. The molecule has 0 unspecified atom stereocenters. The number of benzene rings is 2. The summed E-state index contributed by atoms with van der Waals surface area (Å²) in [7, 11) is 0. The molecule has 98 valence electrons. The van der Waals surface area contributed by atoms with Gasteiger partial charge in [0.15, 0.2) is 0 Å². The molecule has 3 N–H and O–H groups in total. The molecule has 0 spiro atoms. The molecule has 2 rings (SSSR count). The lowest BCUT2D eigenvalue weighted by Crippen LogP contribution is -2.14. The van der Waals surface area contributed by atoms with E-state index in [-0.39, 0.29) is 5.91 Å². The molecule has 0 bridgehead atoms. The maximum atomic E-state index is 12.2. The van der Waals surface area contributed by atoms with E-state index >= 15 is 0 Å². The van der Waals surface area contributed by atoms with Crippen molar-refractivity contribution in [3.8, 4) is 0 Å². The molecule has 0 aliphatic carbocycles. The molecule has 0 aromatic heterocycles. The van der Waals surface area contributed by atoms with E-state index in [9.17, 15) is 4.79 Å². The van der Waals surface area contributed by atoms with Crippen LogP contribution in [-0.2, 0) is 0 Å². The van der Waals surface area contributed by atoms with Crippen LogP contribution in [0.25, 0.3) is 0 Å². The van der Waals surface area contributed by atoms with Gasteiger partial charge < -0.3 is 11.1 Å². The molecular weight excluding hydrogens is 328 g/mol. The summed E-state index contributed by atoms with van der Waals surface area (Å²) in [5.41, 5.74) is 8.41. The minimum absolute atomic E-state index is 0.246. The van der Waals surface area contributed by atoms with Crippen molar-refractivity contribution in [2.45, 2.75) is 6.92 Å². The molecule has 0 saturated carbocycles. The topological polar surface area (TPSA) is 55.1 Å². The van der Waals surface area contributed by atoms with E-state index in [1.807, 2.05) is 19.1 Å². The fraction of sp³-hybridized carbons (Fsp3) is 0.0714. The van der Waals surface area contributed by atoms with E-state index in [4.69, 9.17) is 17.3 Å². The lowest BCUT2D eigenvalue weighted by molar-refractivity contribution is 0.102. The first-order valence-electron chi connectivity index (χ1n) is 5.60. The lowest BCUT2D eigenvalue weighted by Gasteiger charge is -2.11. The summed E-state index contributed by atoms with van der Waals surface area (Å²) in [4.78, 5) is 12.2. The van der Waals surface area contributed by atoms with Gasteiger partial charge in [0.2, 0.25) is 0 Å². The minimum atomic E-state index is -0.246. The summed E-state index contributed by atoms with van der Waals surface area (Å²) in [5, 5.41) is 3.30. The molecule has 0 fully saturated rings. The largest absolute Gasteiger partial charge is 0.397 e. The fourth-order valence-electron chi connectivity index (χ4n) is 1.73. The van der Waals surface area contributed by atoms with E-state index in [0.717, 1.165) is 10.0 Å². The number of aryl methyl sites for hydroxylation is 1. The second-order valence-electron chi connectivity index (χ2n) is 4.15. The fourth-order valence-corrected chi connectivity index (χ4v) is 2.59. The number of nitrogen functional groups attached to an aromatic ring is 1. The van der Waals surface area contributed by atoms with Gasteiger partial charge in [-0.25, -0.2) is 0 Å². The van der Waals surface area contributed by atoms with Crippen LogP contribution in [-0.4, -0.2) is 5.91 Å². The Hall–Kier alpha value is -1.52. The van der Waals surface area contributed by atoms with Crippen molar-refractivity contribution in [2.75, 3.05) is 11.1 Å². The molecule has 3 nitrogen and oxygen atoms in total. The van der Waals surface area contributed by atoms with Crippen LogP contribution in [0.15, 0.2) is 40.9 Å². The maximum Gasteiger partial charge on any atom is 0.255 e. The number of para-hydroxylation sites is 1. The number of carbonyl (C=O) groups excluding carboxylic acids is 1. The van der Waals surface area contributed by atoms with Gasteiger partial charge in [-0.2, -0.15) is 0 Å². The average Bonchev–Trinajstić information content (AvgIpc) is 2.32. The molecule has 0 radical (unpaired) electrons. The Balaban J connectivity index is 2.31. The van der Waals surface area contributed by atoms with E-state index in [1.165, 1.54) is 0 Å². The summed E-state index contributed by atoms with van der Waals surface area (Å²) in [6.45, 7) is 1.89. The molecule has 2 aromatic rings. The monoisotopic (exact) mass is 338 g/mol. The molecule has 0 heterocycles. The van der Waals surface area contributed by atoms with Crippen LogP contribution in [0.2, 0.25) is 5.02 Å². The van der Waals surface area contributed by atoms with Gasteiger partial charge in [0, 0.05) is 15.1 Å². The van der Waals surface area contributed by atoms with Gasteiger partial charge in [-0.3, -0.25) is 4.79 Å². The Labute approximate surface area is 124 Å². The Kier molecular flexibility index (Phi) is 4.12. The van der Waals surface area contributed by atoms with Gasteiger partial charge in [-0.15, -0.1) is 0 Å². The number of anilines is 2. The summed E-state index contributed by atoms with van der Waals surface area (Å²) in [6, 6.07) is 10.5. The van der Waals surface area contributed by atoms with Gasteiger partial charge in [-0.1, -0.05) is 39.7 Å². The highest BCUT2D eigenvalue weighted by molar-refractivity contribution is 9.10. The maximum absolute atomic E-state index is 12.2. The second-order valence-corrected chi connectivity index (χ2v) is 5.50. The molecule has 1 amide bonds. The number of nitrogens with one attached hydrogen (secondary N) is 1. The minimum Gasteiger partial charge on any atom is -0.397 e. The number of rotatable bonds is 2. The highest BCUT2D eigenvalue weighted by Crippen LogP contribution is 2.25. The van der Waals surface area contributed by atoms with E-state index in [0.29, 0.717) is 22.0 Å². The number of nitrogens with two attached hydrogens (primary N) is 1. The first-order valence-corrected chi connectivity index (χ1v) is 6.77. The number of hydrogen-bond donors (Lipinski definition) is 2. The van der Waals surface area contributed by atoms with Crippen molar-refractivity contribution >= 4 is 44.8 Å². The Bertz CT molecular complexity index is 603. The molecular formula is C14H12BrClN2O. The predicted octanol–water partition coefficient (Wildman–Crippen LogP) is 4.25. The van der Waals surface area contributed by atoms with Gasteiger partial charge >= 0.3 is 0 Å². The van der Waals surface area contributed by atoms with Crippen molar-refractivity contribution in [3.05, 3.63) is 57.0 Å². The van der Waals surface area contributed by atoms with Gasteiger partial charge in [0.25, 0.3) is 5.91 Å². The Morgan fingerprint density at radius 3 is 2.68 bits per heavy atom. The molecule has 0 aliphatic rings. The highest BCUT2D eigenvalue weighted by Gasteiger charge is 2.11. The van der Waals surface area contributed by atoms with Crippen molar-refractivity contribution in [1.82, 2.24) is 0 Å². The number of halogens is 2. The first kappa shape index (κ1) is 13.9. The third-order valence-corrected chi connectivity index (χ3v) is 3.34. The smallest absolute Gasteiger partial charge is 0.255 e. The summed E-state index contributed by atoms with van der Waals surface area (Å²) in [6.07, 6.45) is 0. The van der Waals surface area contributed by atoms with Gasteiger partial charge in [-0.05, 0) is 36.8 Å². The molecule has 0 saturated heterocycles. The third-order valence-electron chi connectivity index (χ3n) is 2.67. The SMILES string of the molecule is Cc1cccc(N)c1NC(=O)c1cc(Cl)cc(Br)c1. The average molecular weight is 340 g/mol. The van der Waals surface area contributed by atoms with Crippen LogP contribution in [0, 0.1) is 6.92 Å². The number of amides is 1. The molecule has 0 aliphatic heterocycles. The molecule has 0 atom stereocenters. The van der Waals surface area contributed by atoms with Crippen LogP contribution in [0.3, 0.4) is 0 Å². The van der Waals surface area contributed by atoms with Crippen LogP contribution in [0.4, 0.5) is 11.4 Å². The number of carbonyl (C=O) groups is 1. The van der Waals surface area contributed by atoms with Crippen LogP contribution >= 0.6 is 27.5 Å². The molecule has 2 aromatic carbocycles. The first-order chi connectivity index (χ1) is 8.97. The second kappa shape index (κ2) is 5.63. The Morgan fingerprint density at radius 1 is 1.32 bits per heavy atom. The van der Waals surface area contributed by atoms with E-state index in [2.05, 4.69) is 21.2 Å². The molecule has 5 heteroatoms. The summed E-state index contributed by atoms with van der Waals surface area (Å²) in [5.74, 6) is -0.246. The Morgan fingerprint density at radius 2 is 2.05 bits per heavy atom. The van der Waals surface area contributed by atoms with Crippen molar-refractivity contribution in [1.29, 1.82) is 0 Å². The van der Waals surface area contributed by atoms with Crippen molar-refractivity contribution in [3.63, 3.8) is 0 Å². The molecule has 19 heavy (non-hydrogen) atoms. The van der Waals surface area contributed by atoms with Crippen LogP contribution in [0.5, 0.6) is 0 Å². The zero-order valence-corrected chi connectivity index (χ0v) is 12.5. The van der Waals surface area contributed by atoms with Crippen LogP contribution < -0.4 is 11.1 Å². The summed E-state index contributed by atoms with van der Waals surface area (Å²) < 4.78 is 0.753. The van der Waals surface area contributed by atoms with Gasteiger partial charge in [0.1, 0.15) is 0 Å². The van der Waals surface area contributed by atoms with Crippen molar-refractivity contribution < 1.29 is 4.79 Å². The van der Waals surface area contributed by atoms with Crippen molar-refractivity contribution in [2.24, 2.45) is 0 Å². The lowest BCUT2D eigenvalue weighted by atomic mass is 10.1. The van der Waals surface area contributed by atoms with Gasteiger partial charge in [0.05, 0.1) is 11.4 Å². The number of hydrogen-bond acceptors (Lipinski definition) is 2. The standard InChI is InChI=1S/C14H12BrClN2O/c1-8-3-2-4-12(17)13(8)18-14(19)9-5-10(15)7-11(16)6-9/h2-7H,17H2,1H3,(H,18,19). The highest BCUT2D eigenvalue weighted by atomic mass is 79.9. The third kappa shape index (κ3) is 3.28. The van der Waals surface area contributed by atoms with E-state index < -0.39 is 0 Å². The van der Waals surface area contributed by atoms with E-state index in [1.54, 1.807) is 24.3 Å². The van der Waals surface area contributed by atoms with Crippen LogP contribution in [0.1, 0.15) is 15.9 Å². The zero-order valence-electron chi connectivity index (χ0n) is 10.2.